The van der Waals surface area contributed by atoms with Crippen molar-refractivity contribution in [3.8, 4) is 0 Å². The van der Waals surface area contributed by atoms with E-state index in [9.17, 15) is 18.0 Å². The quantitative estimate of drug-likeness (QED) is 0.622. The molecule has 0 unspecified atom stereocenters. The third kappa shape index (κ3) is 3.33. The summed E-state index contributed by atoms with van der Waals surface area (Å²) < 4.78 is 42.7. The lowest BCUT2D eigenvalue weighted by Crippen LogP contribution is -2.11. The van der Waals surface area contributed by atoms with Gasteiger partial charge in [0.15, 0.2) is 0 Å². The Balaban J connectivity index is 3.13. The number of methoxy groups -OCH3 is 1. The van der Waals surface area contributed by atoms with Crippen LogP contribution in [0, 0.1) is 5.82 Å². The monoisotopic (exact) mass is 267 g/mol. The predicted octanol–water partition coefficient (Wildman–Crippen LogP) is 2.61. The molecule has 1 aromatic rings. The van der Waals surface area contributed by atoms with Crippen LogP contribution in [0.1, 0.15) is 23.4 Å². The van der Waals surface area contributed by atoms with Crippen molar-refractivity contribution >= 4 is 17.6 Å². The smallest absolute Gasteiger partial charge is 0.311 e. The number of aromatic nitrogens is 1. The first-order valence-corrected chi connectivity index (χ1v) is 5.12. The van der Waals surface area contributed by atoms with Crippen molar-refractivity contribution in [2.45, 2.75) is 18.7 Å². The minimum Gasteiger partial charge on any atom is -0.469 e. The normalized spacial score (nSPS) is 10.7. The van der Waals surface area contributed by atoms with Crippen LogP contribution in [-0.4, -0.2) is 18.1 Å². The second-order valence-corrected chi connectivity index (χ2v) is 3.41. The highest BCUT2D eigenvalue weighted by atomic mass is 35.5. The molecule has 0 radical (unpaired) electrons. The number of alkyl halides is 3. The molecule has 0 atom stereocenters. The van der Waals surface area contributed by atoms with Gasteiger partial charge in [-0.15, -0.1) is 11.6 Å². The first-order chi connectivity index (χ1) is 7.99. The van der Waals surface area contributed by atoms with E-state index in [1.54, 1.807) is 0 Å². The predicted molar refractivity (Wildman–Crippen MR) is 54.4 cm³/mol. The summed E-state index contributed by atoms with van der Waals surface area (Å²) in [6, 6.07) is 0.646. The van der Waals surface area contributed by atoms with Crippen molar-refractivity contribution in [1.29, 1.82) is 0 Å². The van der Waals surface area contributed by atoms with Gasteiger partial charge in [0.1, 0.15) is 5.82 Å². The van der Waals surface area contributed by atoms with Gasteiger partial charge in [-0.3, -0.25) is 9.78 Å². The van der Waals surface area contributed by atoms with Gasteiger partial charge in [-0.1, -0.05) is 0 Å². The molecule has 0 saturated carbocycles. The van der Waals surface area contributed by atoms with E-state index in [2.05, 4.69) is 9.72 Å². The fraction of sp³-hybridized carbons (Fsp3) is 0.400. The third-order valence-electron chi connectivity index (χ3n) is 2.06. The topological polar surface area (TPSA) is 39.2 Å². The number of esters is 1. The van der Waals surface area contributed by atoms with Crippen molar-refractivity contribution in [3.63, 3.8) is 0 Å². The van der Waals surface area contributed by atoms with E-state index in [1.165, 1.54) is 0 Å². The minimum absolute atomic E-state index is 0.137. The lowest BCUT2D eigenvalue weighted by Gasteiger charge is -2.09. The summed E-state index contributed by atoms with van der Waals surface area (Å²) in [5.74, 6) is -1.96. The molecule has 1 rings (SSSR count). The highest BCUT2D eigenvalue weighted by Gasteiger charge is 2.19. The number of rotatable bonds is 4. The summed E-state index contributed by atoms with van der Waals surface area (Å²) in [4.78, 5) is 14.6. The molecule has 0 aliphatic carbocycles. The van der Waals surface area contributed by atoms with Gasteiger partial charge in [0, 0.05) is 5.56 Å². The average Bonchev–Trinajstić information content (AvgIpc) is 2.30. The molecule has 1 aromatic heterocycles. The van der Waals surface area contributed by atoms with E-state index in [4.69, 9.17) is 11.6 Å². The van der Waals surface area contributed by atoms with Gasteiger partial charge in [0.05, 0.1) is 30.8 Å². The lowest BCUT2D eigenvalue weighted by atomic mass is 10.1. The molecule has 1 heterocycles. The van der Waals surface area contributed by atoms with E-state index in [-0.39, 0.29) is 17.3 Å². The maximum Gasteiger partial charge on any atom is 0.311 e. The zero-order valence-electron chi connectivity index (χ0n) is 8.84. The van der Waals surface area contributed by atoms with Gasteiger partial charge in [-0.05, 0) is 6.07 Å². The highest BCUT2D eigenvalue weighted by molar-refractivity contribution is 6.17. The molecule has 0 N–H and O–H groups in total. The molecular weight excluding hydrogens is 259 g/mol. The molecule has 0 aromatic carbocycles. The van der Waals surface area contributed by atoms with Gasteiger partial charge in [-0.25, -0.2) is 13.2 Å². The summed E-state index contributed by atoms with van der Waals surface area (Å²) in [5.41, 5.74) is -0.954. The maximum absolute atomic E-state index is 13.4. The Bertz CT molecular complexity index is 426. The summed E-state index contributed by atoms with van der Waals surface area (Å²) in [5, 5.41) is 0. The van der Waals surface area contributed by atoms with Crippen LogP contribution < -0.4 is 0 Å². The Hall–Kier alpha value is -1.30. The SMILES string of the molecule is COC(=O)Cc1nc(CCl)c(C(F)F)cc1F. The standard InChI is InChI=1S/C10H9ClF3NO2/c1-17-9(16)3-7-6(12)2-5(10(13)14)8(4-11)15-7/h2,10H,3-4H2,1H3. The van der Waals surface area contributed by atoms with Gasteiger partial charge >= 0.3 is 5.97 Å². The van der Waals surface area contributed by atoms with Crippen LogP contribution in [0.5, 0.6) is 0 Å². The Morgan fingerprint density at radius 1 is 1.53 bits per heavy atom. The second-order valence-electron chi connectivity index (χ2n) is 3.14. The van der Waals surface area contributed by atoms with Crippen molar-refractivity contribution in [2.75, 3.05) is 7.11 Å². The van der Waals surface area contributed by atoms with E-state index in [0.29, 0.717) is 6.07 Å². The van der Waals surface area contributed by atoms with Crippen LogP contribution in [0.15, 0.2) is 6.07 Å². The highest BCUT2D eigenvalue weighted by Crippen LogP contribution is 2.25. The number of ether oxygens (including phenoxy) is 1. The zero-order chi connectivity index (χ0) is 13.0. The first kappa shape index (κ1) is 13.8. The number of pyridine rings is 1. The average molecular weight is 268 g/mol. The molecule has 3 nitrogen and oxygen atoms in total. The molecule has 0 saturated heterocycles. The van der Waals surface area contributed by atoms with E-state index in [0.717, 1.165) is 7.11 Å². The van der Waals surface area contributed by atoms with E-state index in [1.807, 2.05) is 0 Å². The van der Waals surface area contributed by atoms with Crippen LogP contribution in [0.4, 0.5) is 13.2 Å². The van der Waals surface area contributed by atoms with Gasteiger partial charge in [-0.2, -0.15) is 0 Å². The molecule has 0 spiro atoms. The van der Waals surface area contributed by atoms with E-state index >= 15 is 0 Å². The molecule has 0 fully saturated rings. The van der Waals surface area contributed by atoms with Crippen molar-refractivity contribution in [3.05, 3.63) is 28.8 Å². The molecule has 0 amide bonds. The molecule has 0 aliphatic heterocycles. The molecule has 0 aliphatic rings. The first-order valence-electron chi connectivity index (χ1n) is 4.58. The fourth-order valence-electron chi connectivity index (χ4n) is 1.21. The maximum atomic E-state index is 13.4. The molecule has 94 valence electrons. The number of nitrogens with zero attached hydrogens (tertiary/aromatic N) is 1. The Labute approximate surface area is 101 Å². The van der Waals surface area contributed by atoms with Crippen LogP contribution in [0.25, 0.3) is 0 Å². The summed E-state index contributed by atoms with van der Waals surface area (Å²) in [7, 11) is 1.14. The van der Waals surface area contributed by atoms with Gasteiger partial charge in [0.25, 0.3) is 6.43 Å². The summed E-state index contributed by atoms with van der Waals surface area (Å²) in [6.07, 6.45) is -3.28. The largest absolute Gasteiger partial charge is 0.469 e. The Morgan fingerprint density at radius 3 is 2.65 bits per heavy atom. The molecule has 17 heavy (non-hydrogen) atoms. The van der Waals surface area contributed by atoms with E-state index < -0.39 is 30.2 Å². The second kappa shape index (κ2) is 5.86. The number of halogens is 4. The molecule has 0 bridgehead atoms. The molecular formula is C10H9ClF3NO2. The Kier molecular flexibility index (Phi) is 4.74. The van der Waals surface area contributed by atoms with Crippen LogP contribution in [0.3, 0.4) is 0 Å². The number of hydrogen-bond donors (Lipinski definition) is 0. The van der Waals surface area contributed by atoms with Crippen molar-refractivity contribution in [1.82, 2.24) is 4.98 Å². The summed E-state index contributed by atoms with van der Waals surface area (Å²) in [6.45, 7) is 0. The van der Waals surface area contributed by atoms with Crippen molar-refractivity contribution < 1.29 is 22.7 Å². The summed E-state index contributed by atoms with van der Waals surface area (Å²) >= 11 is 5.44. The zero-order valence-corrected chi connectivity index (χ0v) is 9.60. The fourth-order valence-corrected chi connectivity index (χ4v) is 1.43. The van der Waals surface area contributed by atoms with Crippen LogP contribution >= 0.6 is 11.6 Å². The Morgan fingerprint density at radius 2 is 2.18 bits per heavy atom. The van der Waals surface area contributed by atoms with Crippen LogP contribution in [0.2, 0.25) is 0 Å². The lowest BCUT2D eigenvalue weighted by molar-refractivity contribution is -0.139. The van der Waals surface area contributed by atoms with Gasteiger partial charge < -0.3 is 4.74 Å². The minimum atomic E-state index is -2.86. The number of hydrogen-bond acceptors (Lipinski definition) is 3. The van der Waals surface area contributed by atoms with Crippen LogP contribution in [-0.2, 0) is 21.8 Å². The third-order valence-corrected chi connectivity index (χ3v) is 2.32. The number of carbonyl (C=O) groups is 1. The number of carbonyl (C=O) groups excluding carboxylic acids is 1. The molecule has 7 heteroatoms. The van der Waals surface area contributed by atoms with Crippen molar-refractivity contribution in [2.24, 2.45) is 0 Å². The van der Waals surface area contributed by atoms with Gasteiger partial charge in [0.2, 0.25) is 0 Å².